The molecule has 6 nitrogen and oxygen atoms in total. The number of carboxylic acids is 1. The van der Waals surface area contributed by atoms with Crippen molar-refractivity contribution in [2.45, 2.75) is 44.9 Å². The van der Waals surface area contributed by atoms with Crippen LogP contribution in [0.5, 0.6) is 5.75 Å². The van der Waals surface area contributed by atoms with Crippen LogP contribution in [0.1, 0.15) is 32.3 Å². The van der Waals surface area contributed by atoms with Crippen LogP contribution in [-0.2, 0) is 20.9 Å². The zero-order valence-electron chi connectivity index (χ0n) is 13.7. The number of hydrogen-bond acceptors (Lipinski definition) is 4. The van der Waals surface area contributed by atoms with Crippen molar-refractivity contribution >= 4 is 11.9 Å². The Balaban J connectivity index is 1.98. The Morgan fingerprint density at radius 1 is 1.43 bits per heavy atom. The fourth-order valence-corrected chi connectivity index (χ4v) is 2.81. The molecule has 2 rings (SSSR count). The SMILES string of the molecule is COc1cccc(COC(C)C(=O)N2CCCC2(C)C(=O)O)c1. The molecule has 0 bridgehead atoms. The van der Waals surface area contributed by atoms with Gasteiger partial charge in [-0.1, -0.05) is 12.1 Å². The normalized spacial score (nSPS) is 22.0. The van der Waals surface area contributed by atoms with Crippen molar-refractivity contribution in [3.63, 3.8) is 0 Å². The smallest absolute Gasteiger partial charge is 0.329 e. The van der Waals surface area contributed by atoms with Crippen LogP contribution in [0.25, 0.3) is 0 Å². The van der Waals surface area contributed by atoms with E-state index >= 15 is 0 Å². The van der Waals surface area contributed by atoms with Crippen molar-refractivity contribution in [1.82, 2.24) is 4.90 Å². The molecule has 0 spiro atoms. The Morgan fingerprint density at radius 3 is 2.83 bits per heavy atom. The molecule has 2 atom stereocenters. The van der Waals surface area contributed by atoms with E-state index < -0.39 is 17.6 Å². The summed E-state index contributed by atoms with van der Waals surface area (Å²) in [6.07, 6.45) is 0.464. The maximum absolute atomic E-state index is 12.5. The van der Waals surface area contributed by atoms with Crippen LogP contribution < -0.4 is 4.74 Å². The third-order valence-electron chi connectivity index (χ3n) is 4.35. The number of amides is 1. The van der Waals surface area contributed by atoms with Crippen LogP contribution in [0.15, 0.2) is 24.3 Å². The van der Waals surface area contributed by atoms with Gasteiger partial charge in [0.2, 0.25) is 0 Å². The lowest BCUT2D eigenvalue weighted by atomic mass is 9.99. The highest BCUT2D eigenvalue weighted by molar-refractivity contribution is 5.89. The quantitative estimate of drug-likeness (QED) is 0.868. The molecular weight excluding hydrogens is 298 g/mol. The molecule has 1 aliphatic heterocycles. The third-order valence-corrected chi connectivity index (χ3v) is 4.35. The number of nitrogens with zero attached hydrogens (tertiary/aromatic N) is 1. The molecule has 1 fully saturated rings. The summed E-state index contributed by atoms with van der Waals surface area (Å²) in [5, 5.41) is 9.39. The second-order valence-corrected chi connectivity index (χ2v) is 5.98. The van der Waals surface area contributed by atoms with Crippen molar-refractivity contribution in [2.75, 3.05) is 13.7 Å². The van der Waals surface area contributed by atoms with Gasteiger partial charge in [0.1, 0.15) is 17.4 Å². The maximum Gasteiger partial charge on any atom is 0.329 e. The molecule has 1 aliphatic rings. The first-order valence-corrected chi connectivity index (χ1v) is 7.68. The lowest BCUT2D eigenvalue weighted by Gasteiger charge is -2.33. The molecule has 2 unspecified atom stereocenters. The molecule has 1 aromatic rings. The van der Waals surface area contributed by atoms with Crippen molar-refractivity contribution in [3.8, 4) is 5.75 Å². The summed E-state index contributed by atoms with van der Waals surface area (Å²) in [5.74, 6) is -0.526. The molecule has 0 saturated carbocycles. The summed E-state index contributed by atoms with van der Waals surface area (Å²) in [6, 6.07) is 7.41. The van der Waals surface area contributed by atoms with Gasteiger partial charge in [0.05, 0.1) is 13.7 Å². The lowest BCUT2D eigenvalue weighted by Crippen LogP contribution is -2.53. The number of carboxylic acid groups (broad SMARTS) is 1. The number of aliphatic carboxylic acids is 1. The molecular formula is C17H23NO5. The van der Waals surface area contributed by atoms with Crippen molar-refractivity contribution < 1.29 is 24.2 Å². The van der Waals surface area contributed by atoms with Gasteiger partial charge in [-0.15, -0.1) is 0 Å². The first-order chi connectivity index (χ1) is 10.9. The monoisotopic (exact) mass is 321 g/mol. The second-order valence-electron chi connectivity index (χ2n) is 5.98. The molecule has 23 heavy (non-hydrogen) atoms. The van der Waals surface area contributed by atoms with E-state index in [1.54, 1.807) is 21.0 Å². The highest BCUT2D eigenvalue weighted by atomic mass is 16.5. The first-order valence-electron chi connectivity index (χ1n) is 7.68. The molecule has 1 N–H and O–H groups in total. The molecule has 1 amide bonds. The number of carbonyl (C=O) groups excluding carboxylic acids is 1. The van der Waals surface area contributed by atoms with Crippen LogP contribution in [-0.4, -0.2) is 47.2 Å². The van der Waals surface area contributed by atoms with Gasteiger partial charge in [-0.2, -0.15) is 0 Å². The van der Waals surface area contributed by atoms with Crippen LogP contribution >= 0.6 is 0 Å². The summed E-state index contributed by atoms with van der Waals surface area (Å²) in [5.41, 5.74) is -0.239. The molecule has 0 aliphatic carbocycles. The fraction of sp³-hybridized carbons (Fsp3) is 0.529. The Morgan fingerprint density at radius 2 is 2.17 bits per heavy atom. The van der Waals surface area contributed by atoms with Gasteiger partial charge in [-0.3, -0.25) is 4.79 Å². The Kier molecular flexibility index (Phi) is 5.26. The van der Waals surface area contributed by atoms with Gasteiger partial charge in [0.15, 0.2) is 0 Å². The fourth-order valence-electron chi connectivity index (χ4n) is 2.81. The molecule has 0 aromatic heterocycles. The average molecular weight is 321 g/mol. The molecule has 0 radical (unpaired) electrons. The zero-order chi connectivity index (χ0) is 17.0. The minimum atomic E-state index is -1.13. The predicted molar refractivity (Wildman–Crippen MR) is 84.2 cm³/mol. The number of rotatable bonds is 6. The van der Waals surface area contributed by atoms with Gasteiger partial charge in [0.25, 0.3) is 5.91 Å². The highest BCUT2D eigenvalue weighted by Gasteiger charge is 2.46. The lowest BCUT2D eigenvalue weighted by molar-refractivity contribution is -0.160. The molecule has 6 heteroatoms. The minimum Gasteiger partial charge on any atom is -0.497 e. The summed E-state index contributed by atoms with van der Waals surface area (Å²) >= 11 is 0. The summed E-state index contributed by atoms with van der Waals surface area (Å²) in [6.45, 7) is 3.97. The van der Waals surface area contributed by atoms with Crippen molar-refractivity contribution in [2.24, 2.45) is 0 Å². The number of methoxy groups -OCH3 is 1. The largest absolute Gasteiger partial charge is 0.497 e. The Labute approximate surface area is 136 Å². The zero-order valence-corrected chi connectivity index (χ0v) is 13.7. The number of hydrogen-bond donors (Lipinski definition) is 1. The van der Waals surface area contributed by atoms with Gasteiger partial charge in [-0.25, -0.2) is 4.79 Å². The van der Waals surface area contributed by atoms with Gasteiger partial charge in [0, 0.05) is 6.54 Å². The summed E-state index contributed by atoms with van der Waals surface area (Å²) in [7, 11) is 1.59. The van der Waals surface area contributed by atoms with E-state index in [1.165, 1.54) is 4.90 Å². The van der Waals surface area contributed by atoms with Gasteiger partial charge in [-0.05, 0) is 44.4 Å². The molecule has 126 valence electrons. The van der Waals surface area contributed by atoms with Crippen molar-refractivity contribution in [1.29, 1.82) is 0 Å². The molecule has 1 heterocycles. The van der Waals surface area contributed by atoms with Crippen LogP contribution in [0.4, 0.5) is 0 Å². The summed E-state index contributed by atoms with van der Waals surface area (Å²) < 4.78 is 10.8. The Hall–Kier alpha value is -2.08. The van der Waals surface area contributed by atoms with Crippen molar-refractivity contribution in [3.05, 3.63) is 29.8 Å². The summed E-state index contributed by atoms with van der Waals surface area (Å²) in [4.78, 5) is 25.4. The van der Waals surface area contributed by atoms with E-state index in [-0.39, 0.29) is 12.5 Å². The van der Waals surface area contributed by atoms with E-state index in [2.05, 4.69) is 0 Å². The van der Waals surface area contributed by atoms with Gasteiger partial charge < -0.3 is 19.5 Å². The standard InChI is InChI=1S/C17H23NO5/c1-12(23-11-13-6-4-7-14(10-13)22-3)15(19)18-9-5-8-17(18,2)16(20)21/h4,6-7,10,12H,5,8-9,11H2,1-3H3,(H,20,21). The third kappa shape index (κ3) is 3.64. The van der Waals surface area contributed by atoms with Gasteiger partial charge >= 0.3 is 5.97 Å². The topological polar surface area (TPSA) is 76.1 Å². The van der Waals surface area contributed by atoms with E-state index in [4.69, 9.17) is 9.47 Å². The molecule has 1 aromatic carbocycles. The number of ether oxygens (including phenoxy) is 2. The number of benzene rings is 1. The maximum atomic E-state index is 12.5. The van der Waals surface area contributed by atoms with E-state index in [1.807, 2.05) is 24.3 Å². The highest BCUT2D eigenvalue weighted by Crippen LogP contribution is 2.30. The minimum absolute atomic E-state index is 0.266. The number of carbonyl (C=O) groups is 2. The van der Waals surface area contributed by atoms with Crippen LogP contribution in [0.3, 0.4) is 0 Å². The first kappa shape index (κ1) is 17.3. The van der Waals surface area contributed by atoms with Crippen LogP contribution in [0.2, 0.25) is 0 Å². The predicted octanol–water partition coefficient (Wildman–Crippen LogP) is 2.07. The second kappa shape index (κ2) is 7.00. The molecule has 1 saturated heterocycles. The van der Waals surface area contributed by atoms with E-state index in [0.717, 1.165) is 11.3 Å². The van der Waals surface area contributed by atoms with E-state index in [0.29, 0.717) is 19.4 Å². The van der Waals surface area contributed by atoms with E-state index in [9.17, 15) is 14.7 Å². The Bertz CT molecular complexity index is 588. The average Bonchev–Trinajstić information content (AvgIpc) is 2.95. The van der Waals surface area contributed by atoms with Crippen LogP contribution in [0, 0.1) is 0 Å². The number of likely N-dealkylation sites (tertiary alicyclic amines) is 1.